The average molecular weight is 489 g/mol. The van der Waals surface area contributed by atoms with E-state index < -0.39 is 0 Å². The lowest BCUT2D eigenvalue weighted by Crippen LogP contribution is -2.33. The third-order valence-electron chi connectivity index (χ3n) is 6.91. The van der Waals surface area contributed by atoms with E-state index in [9.17, 15) is 9.59 Å². The summed E-state index contributed by atoms with van der Waals surface area (Å²) in [5, 5.41) is 6.96. The summed E-state index contributed by atoms with van der Waals surface area (Å²) in [5.74, 6) is 0.112. The van der Waals surface area contributed by atoms with E-state index >= 15 is 0 Å². The molecule has 0 aromatic heterocycles. The predicted octanol–water partition coefficient (Wildman–Crippen LogP) is 7.08. The normalized spacial score (nSPS) is 18.8. The van der Waals surface area contributed by atoms with Crippen LogP contribution < -0.4 is 10.6 Å². The van der Waals surface area contributed by atoms with Crippen molar-refractivity contribution in [3.8, 4) is 0 Å². The van der Waals surface area contributed by atoms with Gasteiger partial charge in [0.25, 0.3) is 5.91 Å². The number of fused-ring (bicyclic) bond motifs is 1. The third-order valence-corrected chi connectivity index (χ3v) is 6.91. The van der Waals surface area contributed by atoms with Crippen LogP contribution in [0.3, 0.4) is 0 Å². The summed E-state index contributed by atoms with van der Waals surface area (Å²) in [6, 6.07) is 17.2. The summed E-state index contributed by atoms with van der Waals surface area (Å²) >= 11 is 0. The largest absolute Gasteiger partial charge is 0.462 e. The molecule has 2 aromatic rings. The summed E-state index contributed by atoms with van der Waals surface area (Å²) < 4.78 is 4.43. The number of unbranched alkanes of at least 4 members (excludes halogenated alkanes) is 1. The van der Waals surface area contributed by atoms with Crippen LogP contribution in [0.1, 0.15) is 86.3 Å². The van der Waals surface area contributed by atoms with Gasteiger partial charge in [-0.15, -0.1) is 0 Å². The van der Waals surface area contributed by atoms with Crippen molar-refractivity contribution >= 4 is 23.1 Å². The highest BCUT2D eigenvalue weighted by atomic mass is 16.5. The first kappa shape index (κ1) is 27.3. The first-order chi connectivity index (χ1) is 17.4. The Morgan fingerprint density at radius 1 is 1.14 bits per heavy atom. The minimum Gasteiger partial charge on any atom is -0.462 e. The van der Waals surface area contributed by atoms with Crippen LogP contribution in [-0.2, 0) is 9.53 Å². The van der Waals surface area contributed by atoms with Crippen molar-refractivity contribution in [1.29, 1.82) is 0 Å². The van der Waals surface area contributed by atoms with Crippen molar-refractivity contribution in [2.75, 3.05) is 11.9 Å². The number of benzene rings is 2. The molecule has 1 aliphatic heterocycles. The predicted molar refractivity (Wildman–Crippen MR) is 148 cm³/mol. The maximum absolute atomic E-state index is 12.8. The minimum atomic E-state index is -0.264. The Kier molecular flexibility index (Phi) is 10.3. The van der Waals surface area contributed by atoms with E-state index in [0.29, 0.717) is 18.6 Å². The van der Waals surface area contributed by atoms with Crippen LogP contribution in [-0.4, -0.2) is 24.5 Å². The Morgan fingerprint density at radius 2 is 1.86 bits per heavy atom. The topological polar surface area (TPSA) is 67.4 Å². The van der Waals surface area contributed by atoms with E-state index in [1.165, 1.54) is 44.2 Å². The number of rotatable bonds is 8. The van der Waals surface area contributed by atoms with Gasteiger partial charge < -0.3 is 15.4 Å². The molecule has 1 fully saturated rings. The lowest BCUT2D eigenvalue weighted by atomic mass is 9.77. The van der Waals surface area contributed by atoms with Gasteiger partial charge in [-0.2, -0.15) is 0 Å². The highest BCUT2D eigenvalue weighted by Gasteiger charge is 2.32. The van der Waals surface area contributed by atoms with E-state index in [2.05, 4.69) is 71.9 Å². The number of carbonyl (C=O) groups is 2. The number of amides is 1. The Hall–Kier alpha value is -3.34. The van der Waals surface area contributed by atoms with Crippen molar-refractivity contribution in [2.24, 2.45) is 5.92 Å². The van der Waals surface area contributed by atoms with Gasteiger partial charge in [0.15, 0.2) is 0 Å². The van der Waals surface area contributed by atoms with E-state index in [4.69, 9.17) is 0 Å². The van der Waals surface area contributed by atoms with Gasteiger partial charge in [0.05, 0.1) is 6.04 Å². The number of carbonyl (C=O) groups excluding carboxylic acids is 2. The highest BCUT2D eigenvalue weighted by Crippen LogP contribution is 2.45. The molecule has 2 unspecified atom stereocenters. The standard InChI is InChI=1S/C26H32N2O.C5H8O2/c1-3-4-14-22-18(2)23-17-20(26(29)27-21-12-8-9-13-21)15-16-24(23)28-25(22)19-10-6-5-7-11-19;1-3-4-7-5(2)6/h5-7,10-11,15-17,21-22,25,28H,2-4,8-9,12-14H2,1H3,(H,27,29);3H,1,4H2,2H3. The van der Waals surface area contributed by atoms with Crippen molar-refractivity contribution in [2.45, 2.75) is 70.9 Å². The fraction of sp³-hybridized carbons (Fsp3) is 0.419. The Balaban J connectivity index is 0.000000454. The average Bonchev–Trinajstić information content (AvgIpc) is 3.40. The zero-order chi connectivity index (χ0) is 25.9. The summed E-state index contributed by atoms with van der Waals surface area (Å²) in [7, 11) is 0. The quantitative estimate of drug-likeness (QED) is 0.308. The molecule has 1 heterocycles. The molecule has 5 nitrogen and oxygen atoms in total. The fourth-order valence-electron chi connectivity index (χ4n) is 5.00. The molecule has 2 N–H and O–H groups in total. The van der Waals surface area contributed by atoms with E-state index in [-0.39, 0.29) is 17.9 Å². The van der Waals surface area contributed by atoms with Crippen LogP contribution in [0.2, 0.25) is 0 Å². The van der Waals surface area contributed by atoms with Gasteiger partial charge in [-0.05, 0) is 48.6 Å². The summed E-state index contributed by atoms with van der Waals surface area (Å²) in [4.78, 5) is 22.7. The van der Waals surface area contributed by atoms with Crippen molar-refractivity contribution < 1.29 is 14.3 Å². The Labute approximate surface area is 216 Å². The molecule has 4 rings (SSSR count). The molecule has 2 atom stereocenters. The Bertz CT molecular complexity index is 1040. The van der Waals surface area contributed by atoms with Crippen LogP contribution in [0.5, 0.6) is 0 Å². The summed E-state index contributed by atoms with van der Waals surface area (Å²) in [5.41, 5.74) is 5.36. The van der Waals surface area contributed by atoms with Crippen LogP contribution in [0, 0.1) is 5.92 Å². The maximum atomic E-state index is 12.8. The second kappa shape index (κ2) is 13.7. The maximum Gasteiger partial charge on any atom is 0.302 e. The van der Waals surface area contributed by atoms with Gasteiger partial charge in [-0.3, -0.25) is 9.59 Å². The van der Waals surface area contributed by atoms with Crippen LogP contribution in [0.25, 0.3) is 5.57 Å². The van der Waals surface area contributed by atoms with Gasteiger partial charge >= 0.3 is 5.97 Å². The second-order valence-electron chi connectivity index (χ2n) is 9.61. The van der Waals surface area contributed by atoms with Crippen molar-refractivity contribution in [1.82, 2.24) is 5.32 Å². The van der Waals surface area contributed by atoms with E-state index in [1.807, 2.05) is 12.1 Å². The molecule has 0 spiro atoms. The number of anilines is 1. The lowest BCUT2D eigenvalue weighted by Gasteiger charge is -2.37. The van der Waals surface area contributed by atoms with Gasteiger partial charge in [0, 0.05) is 35.7 Å². The molecule has 1 aliphatic carbocycles. The second-order valence-corrected chi connectivity index (χ2v) is 9.61. The van der Waals surface area contributed by atoms with Crippen LogP contribution in [0.15, 0.2) is 67.8 Å². The first-order valence-corrected chi connectivity index (χ1v) is 13.1. The number of hydrogen-bond donors (Lipinski definition) is 2. The third kappa shape index (κ3) is 7.33. The number of esters is 1. The van der Waals surface area contributed by atoms with Gasteiger partial charge in [-0.25, -0.2) is 0 Å². The molecule has 1 saturated carbocycles. The monoisotopic (exact) mass is 488 g/mol. The minimum absolute atomic E-state index is 0.0443. The molecule has 0 saturated heterocycles. The first-order valence-electron chi connectivity index (χ1n) is 13.1. The molecule has 192 valence electrons. The van der Waals surface area contributed by atoms with E-state index in [1.54, 1.807) is 0 Å². The molecule has 5 heteroatoms. The summed E-state index contributed by atoms with van der Waals surface area (Å²) in [6.45, 7) is 11.8. The van der Waals surface area contributed by atoms with E-state index in [0.717, 1.165) is 41.6 Å². The van der Waals surface area contributed by atoms with Crippen molar-refractivity contribution in [3.63, 3.8) is 0 Å². The molecule has 2 aromatic carbocycles. The van der Waals surface area contributed by atoms with Gasteiger partial charge in [0.2, 0.25) is 0 Å². The zero-order valence-electron chi connectivity index (χ0n) is 21.7. The van der Waals surface area contributed by atoms with Crippen LogP contribution in [0.4, 0.5) is 5.69 Å². The van der Waals surface area contributed by atoms with Crippen LogP contribution >= 0.6 is 0 Å². The Morgan fingerprint density at radius 3 is 2.47 bits per heavy atom. The molecular formula is C31H40N2O3. The fourth-order valence-corrected chi connectivity index (χ4v) is 5.00. The highest BCUT2D eigenvalue weighted by molar-refractivity contribution is 5.97. The molecule has 0 bridgehead atoms. The van der Waals surface area contributed by atoms with Gasteiger partial charge in [-0.1, -0.05) is 82.2 Å². The molecule has 2 aliphatic rings. The molecular weight excluding hydrogens is 448 g/mol. The van der Waals surface area contributed by atoms with Crippen molar-refractivity contribution in [3.05, 3.63) is 84.5 Å². The van der Waals surface area contributed by atoms with Gasteiger partial charge in [0.1, 0.15) is 6.61 Å². The SMILES string of the molecule is C=C1c2cc(C(=O)NC3CCCC3)ccc2NC(c2ccccc2)C1CCCC.C=CCOC(C)=O. The molecule has 36 heavy (non-hydrogen) atoms. The number of hydrogen-bond acceptors (Lipinski definition) is 4. The zero-order valence-corrected chi connectivity index (χ0v) is 21.7. The molecule has 1 amide bonds. The number of ether oxygens (including phenoxy) is 1. The number of nitrogens with one attached hydrogen (secondary N) is 2. The summed E-state index contributed by atoms with van der Waals surface area (Å²) in [6.07, 6.45) is 9.60. The molecule has 0 radical (unpaired) electrons. The smallest absolute Gasteiger partial charge is 0.302 e. The lowest BCUT2D eigenvalue weighted by molar-refractivity contribution is -0.139.